The van der Waals surface area contributed by atoms with Crippen molar-refractivity contribution in [3.8, 4) is 0 Å². The van der Waals surface area contributed by atoms with E-state index < -0.39 is 11.8 Å². The van der Waals surface area contributed by atoms with E-state index in [0.717, 1.165) is 31.7 Å². The van der Waals surface area contributed by atoms with Crippen LogP contribution in [0.5, 0.6) is 0 Å². The minimum absolute atomic E-state index is 0.149. The molecule has 2 heterocycles. The van der Waals surface area contributed by atoms with Gasteiger partial charge < -0.3 is 15.1 Å². The number of benzene rings is 2. The van der Waals surface area contributed by atoms with Gasteiger partial charge in [0.1, 0.15) is 5.76 Å². The third-order valence-electron chi connectivity index (χ3n) is 5.75. The van der Waals surface area contributed by atoms with Crippen LogP contribution >= 0.6 is 0 Å². The van der Waals surface area contributed by atoms with Gasteiger partial charge in [-0.2, -0.15) is 0 Å². The zero-order valence-corrected chi connectivity index (χ0v) is 17.6. The van der Waals surface area contributed by atoms with E-state index in [4.69, 9.17) is 4.42 Å². The van der Waals surface area contributed by atoms with Gasteiger partial charge in [-0.25, -0.2) is 0 Å². The fourth-order valence-corrected chi connectivity index (χ4v) is 3.96. The quantitative estimate of drug-likeness (QED) is 0.600. The smallest absolute Gasteiger partial charge is 0.313 e. The number of hydrogen-bond donors (Lipinski definition) is 2. The Labute approximate surface area is 182 Å². The minimum atomic E-state index is -0.675. The molecule has 1 aliphatic heterocycles. The van der Waals surface area contributed by atoms with Crippen LogP contribution < -0.4 is 10.6 Å². The number of nitrogens with zero attached hydrogens (tertiary/aromatic N) is 1. The summed E-state index contributed by atoms with van der Waals surface area (Å²) in [4.78, 5) is 27.1. The molecule has 1 unspecified atom stereocenters. The van der Waals surface area contributed by atoms with Crippen molar-refractivity contribution in [3.63, 3.8) is 0 Å². The largest absolute Gasteiger partial charge is 0.468 e. The number of fused-ring (bicyclic) bond motifs is 1. The Morgan fingerprint density at radius 1 is 1.00 bits per heavy atom. The molecule has 0 fully saturated rings. The number of carbonyl (C=O) groups is 2. The lowest BCUT2D eigenvalue weighted by Crippen LogP contribution is -2.43. The molecule has 31 heavy (non-hydrogen) atoms. The van der Waals surface area contributed by atoms with E-state index in [9.17, 15) is 9.59 Å². The molecule has 0 aliphatic carbocycles. The highest BCUT2D eigenvalue weighted by molar-refractivity contribution is 6.39. The lowest BCUT2D eigenvalue weighted by atomic mass is 9.98. The molecule has 6 nitrogen and oxygen atoms in total. The van der Waals surface area contributed by atoms with Crippen molar-refractivity contribution in [1.29, 1.82) is 0 Å². The SMILES string of the molecule is CCc1ccc(NC(=O)C(=O)NCC(c2ccco2)N2CCc3ccccc3C2)cc1. The molecule has 1 atom stereocenters. The van der Waals surface area contributed by atoms with Gasteiger partial charge in [0.15, 0.2) is 0 Å². The van der Waals surface area contributed by atoms with E-state index in [0.29, 0.717) is 5.69 Å². The number of amides is 2. The molecule has 2 amide bonds. The van der Waals surface area contributed by atoms with E-state index in [2.05, 4.69) is 40.7 Å². The molecule has 0 saturated carbocycles. The lowest BCUT2D eigenvalue weighted by Gasteiger charge is -2.34. The summed E-state index contributed by atoms with van der Waals surface area (Å²) in [6.07, 6.45) is 3.49. The number of aryl methyl sites for hydroxylation is 1. The first-order valence-electron chi connectivity index (χ1n) is 10.7. The minimum Gasteiger partial charge on any atom is -0.468 e. The summed E-state index contributed by atoms with van der Waals surface area (Å²) in [6, 6.07) is 19.5. The van der Waals surface area contributed by atoms with Gasteiger partial charge in [0, 0.05) is 25.3 Å². The summed E-state index contributed by atoms with van der Waals surface area (Å²) in [6.45, 7) is 3.98. The molecule has 6 heteroatoms. The van der Waals surface area contributed by atoms with Crippen LogP contribution in [-0.4, -0.2) is 29.8 Å². The number of furan rings is 1. The third-order valence-corrected chi connectivity index (χ3v) is 5.75. The second-order valence-corrected chi connectivity index (χ2v) is 7.74. The van der Waals surface area contributed by atoms with Gasteiger partial charge in [-0.1, -0.05) is 43.3 Å². The van der Waals surface area contributed by atoms with Crippen molar-refractivity contribution in [2.24, 2.45) is 0 Å². The van der Waals surface area contributed by atoms with Crippen molar-refractivity contribution in [3.05, 3.63) is 89.4 Å². The average molecular weight is 418 g/mol. The van der Waals surface area contributed by atoms with Gasteiger partial charge in [-0.05, 0) is 53.8 Å². The van der Waals surface area contributed by atoms with Gasteiger partial charge in [0.05, 0.1) is 12.3 Å². The molecule has 1 aromatic heterocycles. The number of rotatable bonds is 6. The molecule has 0 radical (unpaired) electrons. The van der Waals surface area contributed by atoms with Crippen LogP contribution in [0, 0.1) is 0 Å². The molecule has 0 saturated heterocycles. The van der Waals surface area contributed by atoms with Gasteiger partial charge in [0.25, 0.3) is 0 Å². The van der Waals surface area contributed by atoms with E-state index >= 15 is 0 Å². The van der Waals surface area contributed by atoms with Crippen LogP contribution in [0.25, 0.3) is 0 Å². The predicted molar refractivity (Wildman–Crippen MR) is 119 cm³/mol. The Hall–Kier alpha value is -3.38. The summed E-state index contributed by atoms with van der Waals surface area (Å²) in [7, 11) is 0. The van der Waals surface area contributed by atoms with Crippen LogP contribution in [0.15, 0.2) is 71.3 Å². The van der Waals surface area contributed by atoms with Crippen LogP contribution in [0.4, 0.5) is 5.69 Å². The summed E-state index contributed by atoms with van der Waals surface area (Å²) < 4.78 is 5.65. The molecule has 1 aliphatic rings. The summed E-state index contributed by atoms with van der Waals surface area (Å²) >= 11 is 0. The van der Waals surface area contributed by atoms with Crippen molar-refractivity contribution in [1.82, 2.24) is 10.2 Å². The van der Waals surface area contributed by atoms with Gasteiger partial charge in [0.2, 0.25) is 0 Å². The maximum Gasteiger partial charge on any atom is 0.313 e. The van der Waals surface area contributed by atoms with Crippen LogP contribution in [0.1, 0.15) is 35.4 Å². The van der Waals surface area contributed by atoms with E-state index in [1.807, 2.05) is 30.3 Å². The van der Waals surface area contributed by atoms with Crippen LogP contribution in [0.3, 0.4) is 0 Å². The molecule has 0 bridgehead atoms. The number of hydrogen-bond acceptors (Lipinski definition) is 4. The Kier molecular flexibility index (Phi) is 6.48. The zero-order chi connectivity index (χ0) is 21.6. The zero-order valence-electron chi connectivity index (χ0n) is 17.6. The molecule has 0 spiro atoms. The maximum absolute atomic E-state index is 12.5. The fraction of sp³-hybridized carbons (Fsp3) is 0.280. The first-order valence-corrected chi connectivity index (χ1v) is 10.7. The molecule has 2 aromatic carbocycles. The highest BCUT2D eigenvalue weighted by Crippen LogP contribution is 2.27. The first-order chi connectivity index (χ1) is 15.1. The van der Waals surface area contributed by atoms with Crippen LogP contribution in [-0.2, 0) is 29.0 Å². The van der Waals surface area contributed by atoms with Gasteiger partial charge in [-0.15, -0.1) is 0 Å². The van der Waals surface area contributed by atoms with Gasteiger partial charge in [-0.3, -0.25) is 14.5 Å². The molecule has 2 N–H and O–H groups in total. The number of anilines is 1. The Balaban J connectivity index is 1.39. The third kappa shape index (κ3) is 5.03. The maximum atomic E-state index is 12.5. The Morgan fingerprint density at radius 3 is 2.48 bits per heavy atom. The molecule has 3 aromatic rings. The highest BCUT2D eigenvalue weighted by atomic mass is 16.3. The van der Waals surface area contributed by atoms with Crippen molar-refractivity contribution >= 4 is 17.5 Å². The van der Waals surface area contributed by atoms with Crippen LogP contribution in [0.2, 0.25) is 0 Å². The molecular weight excluding hydrogens is 390 g/mol. The second-order valence-electron chi connectivity index (χ2n) is 7.74. The number of carbonyl (C=O) groups excluding carboxylic acids is 2. The first kappa shape index (κ1) is 20.9. The topological polar surface area (TPSA) is 74.6 Å². The molecule has 160 valence electrons. The summed E-state index contributed by atoms with van der Waals surface area (Å²) in [5.74, 6) is -0.560. The Bertz CT molecular complexity index is 1030. The van der Waals surface area contributed by atoms with E-state index in [-0.39, 0.29) is 12.6 Å². The Morgan fingerprint density at radius 2 is 1.77 bits per heavy atom. The van der Waals surface area contributed by atoms with Gasteiger partial charge >= 0.3 is 11.8 Å². The molecular formula is C25H27N3O3. The van der Waals surface area contributed by atoms with Crippen molar-refractivity contribution in [2.45, 2.75) is 32.4 Å². The average Bonchev–Trinajstić information content (AvgIpc) is 3.34. The normalized spacial score (nSPS) is 14.5. The summed E-state index contributed by atoms with van der Waals surface area (Å²) in [5, 5.41) is 5.44. The predicted octanol–water partition coefficient (Wildman–Crippen LogP) is 3.70. The number of nitrogens with one attached hydrogen (secondary N) is 2. The lowest BCUT2D eigenvalue weighted by molar-refractivity contribution is -0.136. The summed E-state index contributed by atoms with van der Waals surface area (Å²) in [5.41, 5.74) is 4.42. The molecule has 4 rings (SSSR count). The monoisotopic (exact) mass is 417 g/mol. The van der Waals surface area contributed by atoms with Crippen molar-refractivity contribution in [2.75, 3.05) is 18.4 Å². The van der Waals surface area contributed by atoms with E-state index in [1.165, 1.54) is 16.7 Å². The van der Waals surface area contributed by atoms with Crippen molar-refractivity contribution < 1.29 is 14.0 Å². The second kappa shape index (κ2) is 9.62. The fourth-order valence-electron chi connectivity index (χ4n) is 3.96. The highest BCUT2D eigenvalue weighted by Gasteiger charge is 2.27. The standard InChI is InChI=1S/C25H27N3O3/c1-2-18-9-11-21(12-10-18)27-25(30)24(29)26-16-22(23-8-5-15-31-23)28-14-13-19-6-3-4-7-20(19)17-28/h3-12,15,22H,2,13-14,16-17H2,1H3,(H,26,29)(H,27,30). The van der Waals surface area contributed by atoms with E-state index in [1.54, 1.807) is 18.4 Å².